The van der Waals surface area contributed by atoms with E-state index in [0.29, 0.717) is 13.2 Å². The minimum Gasteiger partial charge on any atom is -0.496 e. The third kappa shape index (κ3) is 4.48. The average molecular weight is 350 g/mol. The summed E-state index contributed by atoms with van der Waals surface area (Å²) < 4.78 is 12.1. The number of hydrogen-bond acceptors (Lipinski definition) is 3. The van der Waals surface area contributed by atoms with Crippen molar-refractivity contribution in [3.05, 3.63) is 58.1 Å². The van der Waals surface area contributed by atoms with Gasteiger partial charge in [0, 0.05) is 6.42 Å². The molecule has 0 aliphatic heterocycles. The second kappa shape index (κ2) is 8.05. The Labute approximate surface area is 134 Å². The Balaban J connectivity index is 2.03. The molecule has 0 spiro atoms. The summed E-state index contributed by atoms with van der Waals surface area (Å²) >= 11 is 3.52. The first-order valence-corrected chi connectivity index (χ1v) is 7.77. The number of rotatable bonds is 7. The van der Waals surface area contributed by atoms with Gasteiger partial charge < -0.3 is 15.2 Å². The summed E-state index contributed by atoms with van der Waals surface area (Å²) in [7, 11) is 1.66. The van der Waals surface area contributed by atoms with E-state index in [9.17, 15) is 0 Å². The normalized spacial score (nSPS) is 10.4. The zero-order chi connectivity index (χ0) is 15.1. The molecule has 0 atom stereocenters. The zero-order valence-electron chi connectivity index (χ0n) is 12.1. The molecule has 0 unspecified atom stereocenters. The second-order valence-corrected chi connectivity index (χ2v) is 5.57. The fourth-order valence-electron chi connectivity index (χ4n) is 2.15. The fourth-order valence-corrected chi connectivity index (χ4v) is 2.59. The van der Waals surface area contributed by atoms with Crippen LogP contribution >= 0.6 is 15.9 Å². The molecule has 0 aliphatic carbocycles. The maximum absolute atomic E-state index is 5.88. The van der Waals surface area contributed by atoms with Crippen molar-refractivity contribution < 1.29 is 9.47 Å². The van der Waals surface area contributed by atoms with Gasteiger partial charge in [0.15, 0.2) is 0 Å². The smallest absolute Gasteiger partial charge is 0.134 e. The van der Waals surface area contributed by atoms with E-state index in [1.807, 2.05) is 30.3 Å². The van der Waals surface area contributed by atoms with Gasteiger partial charge in [-0.25, -0.2) is 0 Å². The standard InChI is InChI=1S/C17H20BrNO2/c1-20-16-12-15(18)17(11-14(16)7-9-19)21-10-8-13-5-3-2-4-6-13/h2-6,11-12H,7-10,19H2,1H3. The van der Waals surface area contributed by atoms with Crippen LogP contribution < -0.4 is 15.2 Å². The monoisotopic (exact) mass is 349 g/mol. The van der Waals surface area contributed by atoms with Crippen LogP contribution in [-0.4, -0.2) is 20.3 Å². The van der Waals surface area contributed by atoms with E-state index in [1.165, 1.54) is 5.56 Å². The van der Waals surface area contributed by atoms with Crippen molar-refractivity contribution in [2.75, 3.05) is 20.3 Å². The molecule has 0 bridgehead atoms. The van der Waals surface area contributed by atoms with E-state index >= 15 is 0 Å². The van der Waals surface area contributed by atoms with Crippen LogP contribution in [0.2, 0.25) is 0 Å². The van der Waals surface area contributed by atoms with Crippen molar-refractivity contribution in [2.45, 2.75) is 12.8 Å². The zero-order valence-corrected chi connectivity index (χ0v) is 13.7. The highest BCUT2D eigenvalue weighted by molar-refractivity contribution is 9.10. The highest BCUT2D eigenvalue weighted by atomic mass is 79.9. The highest BCUT2D eigenvalue weighted by Crippen LogP contribution is 2.33. The van der Waals surface area contributed by atoms with Crippen LogP contribution in [0.15, 0.2) is 46.9 Å². The van der Waals surface area contributed by atoms with E-state index in [2.05, 4.69) is 28.1 Å². The summed E-state index contributed by atoms with van der Waals surface area (Å²) in [5.74, 6) is 1.66. The van der Waals surface area contributed by atoms with Crippen LogP contribution in [0.3, 0.4) is 0 Å². The molecule has 112 valence electrons. The summed E-state index contributed by atoms with van der Waals surface area (Å²) in [5.41, 5.74) is 7.98. The van der Waals surface area contributed by atoms with Gasteiger partial charge in [-0.3, -0.25) is 0 Å². The molecule has 21 heavy (non-hydrogen) atoms. The maximum Gasteiger partial charge on any atom is 0.134 e. The van der Waals surface area contributed by atoms with Gasteiger partial charge in [0.1, 0.15) is 11.5 Å². The van der Waals surface area contributed by atoms with Crippen LogP contribution in [0.5, 0.6) is 11.5 Å². The quantitative estimate of drug-likeness (QED) is 0.830. The van der Waals surface area contributed by atoms with Gasteiger partial charge in [-0.2, -0.15) is 0 Å². The average Bonchev–Trinajstić information content (AvgIpc) is 2.51. The van der Waals surface area contributed by atoms with Crippen molar-refractivity contribution in [1.82, 2.24) is 0 Å². The van der Waals surface area contributed by atoms with Crippen molar-refractivity contribution in [3.8, 4) is 11.5 Å². The Bertz CT molecular complexity index is 573. The van der Waals surface area contributed by atoms with Gasteiger partial charge in [0.2, 0.25) is 0 Å². The first kappa shape index (κ1) is 15.9. The van der Waals surface area contributed by atoms with Gasteiger partial charge in [-0.1, -0.05) is 30.3 Å². The molecule has 0 saturated heterocycles. The minimum absolute atomic E-state index is 0.585. The molecule has 0 heterocycles. The number of methoxy groups -OCH3 is 1. The maximum atomic E-state index is 5.88. The van der Waals surface area contributed by atoms with Crippen molar-refractivity contribution in [1.29, 1.82) is 0 Å². The number of benzene rings is 2. The third-order valence-corrected chi connectivity index (χ3v) is 3.86. The van der Waals surface area contributed by atoms with Crippen LogP contribution in [0.25, 0.3) is 0 Å². The summed E-state index contributed by atoms with van der Waals surface area (Å²) in [6.07, 6.45) is 1.65. The van der Waals surface area contributed by atoms with Crippen LogP contribution in [0, 0.1) is 0 Å². The highest BCUT2D eigenvalue weighted by Gasteiger charge is 2.09. The van der Waals surface area contributed by atoms with Gasteiger partial charge in [0.25, 0.3) is 0 Å². The molecule has 0 aliphatic rings. The summed E-state index contributed by atoms with van der Waals surface area (Å²) in [5, 5.41) is 0. The molecule has 3 nitrogen and oxygen atoms in total. The molecule has 2 N–H and O–H groups in total. The number of halogens is 1. The lowest BCUT2D eigenvalue weighted by atomic mass is 10.1. The molecule has 4 heteroatoms. The van der Waals surface area contributed by atoms with Crippen molar-refractivity contribution >= 4 is 15.9 Å². The molecule has 0 aromatic heterocycles. The largest absolute Gasteiger partial charge is 0.496 e. The Morgan fingerprint density at radius 1 is 1.05 bits per heavy atom. The summed E-state index contributed by atoms with van der Waals surface area (Å²) in [4.78, 5) is 0. The van der Waals surface area contributed by atoms with E-state index in [-0.39, 0.29) is 0 Å². The molecular weight excluding hydrogens is 330 g/mol. The first-order chi connectivity index (χ1) is 10.2. The number of hydrogen-bond donors (Lipinski definition) is 1. The summed E-state index contributed by atoms with van der Waals surface area (Å²) in [6.45, 7) is 1.22. The Kier molecular flexibility index (Phi) is 6.08. The molecule has 0 radical (unpaired) electrons. The Hall–Kier alpha value is -1.52. The first-order valence-electron chi connectivity index (χ1n) is 6.97. The topological polar surface area (TPSA) is 44.5 Å². The number of ether oxygens (including phenoxy) is 2. The molecular formula is C17H20BrNO2. The van der Waals surface area contributed by atoms with E-state index in [0.717, 1.165) is 34.4 Å². The van der Waals surface area contributed by atoms with E-state index in [4.69, 9.17) is 15.2 Å². The lowest BCUT2D eigenvalue weighted by molar-refractivity contribution is 0.318. The van der Waals surface area contributed by atoms with Crippen LogP contribution in [0.1, 0.15) is 11.1 Å². The van der Waals surface area contributed by atoms with Gasteiger partial charge >= 0.3 is 0 Å². The van der Waals surface area contributed by atoms with Gasteiger partial charge in [-0.15, -0.1) is 0 Å². The predicted octanol–water partition coefficient (Wildman–Crippen LogP) is 3.58. The van der Waals surface area contributed by atoms with Gasteiger partial charge in [0.05, 0.1) is 18.2 Å². The second-order valence-electron chi connectivity index (χ2n) is 4.72. The lowest BCUT2D eigenvalue weighted by Gasteiger charge is -2.13. The number of nitrogens with two attached hydrogens (primary N) is 1. The molecule has 0 fully saturated rings. The molecule has 2 aromatic carbocycles. The Morgan fingerprint density at radius 2 is 1.81 bits per heavy atom. The Morgan fingerprint density at radius 3 is 2.48 bits per heavy atom. The molecule has 0 amide bonds. The minimum atomic E-state index is 0.585. The lowest BCUT2D eigenvalue weighted by Crippen LogP contribution is -2.06. The van der Waals surface area contributed by atoms with Crippen molar-refractivity contribution in [2.24, 2.45) is 5.73 Å². The van der Waals surface area contributed by atoms with Crippen LogP contribution in [0.4, 0.5) is 0 Å². The van der Waals surface area contributed by atoms with Crippen LogP contribution in [-0.2, 0) is 12.8 Å². The SMILES string of the molecule is COc1cc(Br)c(OCCc2ccccc2)cc1CCN. The molecule has 2 aromatic rings. The van der Waals surface area contributed by atoms with E-state index < -0.39 is 0 Å². The van der Waals surface area contributed by atoms with E-state index in [1.54, 1.807) is 7.11 Å². The van der Waals surface area contributed by atoms with Gasteiger partial charge in [-0.05, 0) is 52.2 Å². The molecule has 0 saturated carbocycles. The van der Waals surface area contributed by atoms with Crippen molar-refractivity contribution in [3.63, 3.8) is 0 Å². The third-order valence-electron chi connectivity index (χ3n) is 3.24. The summed E-state index contributed by atoms with van der Waals surface area (Å²) in [6, 6.07) is 14.2. The molecule has 2 rings (SSSR count). The fraction of sp³-hybridized carbons (Fsp3) is 0.294. The predicted molar refractivity (Wildman–Crippen MR) is 89.1 cm³/mol.